The zero-order valence-corrected chi connectivity index (χ0v) is 12.0. The van der Waals surface area contributed by atoms with Crippen molar-refractivity contribution >= 4 is 23.3 Å². The van der Waals surface area contributed by atoms with Crippen LogP contribution in [0.2, 0.25) is 5.02 Å². The molecule has 0 atom stereocenters. The molecule has 1 aliphatic heterocycles. The van der Waals surface area contributed by atoms with Gasteiger partial charge in [-0.05, 0) is 12.1 Å². The van der Waals surface area contributed by atoms with Gasteiger partial charge in [-0.2, -0.15) is 0 Å². The number of hydrogen-bond acceptors (Lipinski definition) is 3. The lowest BCUT2D eigenvalue weighted by molar-refractivity contribution is -0.144. The Bertz CT molecular complexity index is 508. The molecule has 0 saturated carbocycles. The summed E-state index contributed by atoms with van der Waals surface area (Å²) in [6.07, 6.45) is 0. The first-order valence-corrected chi connectivity index (χ1v) is 6.82. The molecule has 0 radical (unpaired) electrons. The molecule has 1 aliphatic rings. The van der Waals surface area contributed by atoms with Gasteiger partial charge in [0.1, 0.15) is 5.82 Å². The molecule has 0 aliphatic carbocycles. The minimum absolute atomic E-state index is 0.320. The molecule has 1 aromatic carbocycles. The maximum absolute atomic E-state index is 13.7. The van der Waals surface area contributed by atoms with E-state index >= 15 is 0 Å². The second-order valence-electron chi connectivity index (χ2n) is 4.82. The Labute approximate surface area is 122 Å². The number of carbonyl (C=O) groups excluding carboxylic acids is 2. The Balaban J connectivity index is 1.95. The van der Waals surface area contributed by atoms with Crippen LogP contribution in [-0.2, 0) is 16.1 Å². The molecule has 20 heavy (non-hydrogen) atoms. The van der Waals surface area contributed by atoms with Gasteiger partial charge >= 0.3 is 0 Å². The summed E-state index contributed by atoms with van der Waals surface area (Å²) < 4.78 is 13.7. The summed E-state index contributed by atoms with van der Waals surface area (Å²) in [5, 5.41) is 0.409. The minimum Gasteiger partial charge on any atom is -0.334 e. The van der Waals surface area contributed by atoms with E-state index in [9.17, 15) is 14.0 Å². The maximum Gasteiger partial charge on any atom is 0.289 e. The van der Waals surface area contributed by atoms with Crippen molar-refractivity contribution in [2.75, 3.05) is 26.2 Å². The Hall–Kier alpha value is -1.46. The Morgan fingerprint density at radius 2 is 1.90 bits per heavy atom. The zero-order chi connectivity index (χ0) is 14.7. The van der Waals surface area contributed by atoms with E-state index < -0.39 is 11.7 Å². The first-order valence-electron chi connectivity index (χ1n) is 6.44. The SMILES string of the molecule is CC(=O)C(=O)N1CCN(Cc2c(F)cccc2Cl)CC1. The number of hydrogen-bond donors (Lipinski definition) is 0. The number of piperazine rings is 1. The molecule has 0 spiro atoms. The molecule has 1 heterocycles. The van der Waals surface area contributed by atoms with Crippen LogP contribution in [0.3, 0.4) is 0 Å². The number of amides is 1. The molecule has 1 saturated heterocycles. The number of carbonyl (C=O) groups is 2. The number of ketones is 1. The van der Waals surface area contributed by atoms with Crippen LogP contribution < -0.4 is 0 Å². The molecular weight excluding hydrogens is 283 g/mol. The first-order chi connectivity index (χ1) is 9.49. The second kappa shape index (κ2) is 6.33. The summed E-state index contributed by atoms with van der Waals surface area (Å²) >= 11 is 5.99. The van der Waals surface area contributed by atoms with Crippen LogP contribution in [0.1, 0.15) is 12.5 Å². The third-order valence-corrected chi connectivity index (χ3v) is 3.76. The smallest absolute Gasteiger partial charge is 0.289 e. The highest BCUT2D eigenvalue weighted by Gasteiger charge is 2.24. The highest BCUT2D eigenvalue weighted by Crippen LogP contribution is 2.21. The number of rotatable bonds is 3. The van der Waals surface area contributed by atoms with Crippen molar-refractivity contribution in [3.63, 3.8) is 0 Å². The molecule has 0 aromatic heterocycles. The van der Waals surface area contributed by atoms with Gasteiger partial charge in [0, 0.05) is 50.2 Å². The van der Waals surface area contributed by atoms with Crippen molar-refractivity contribution in [1.82, 2.24) is 9.80 Å². The molecule has 1 fully saturated rings. The molecular formula is C14H16ClFN2O2. The van der Waals surface area contributed by atoms with Gasteiger partial charge in [0.25, 0.3) is 5.91 Å². The topological polar surface area (TPSA) is 40.6 Å². The lowest BCUT2D eigenvalue weighted by Gasteiger charge is -2.34. The largest absolute Gasteiger partial charge is 0.334 e. The van der Waals surface area contributed by atoms with Crippen LogP contribution in [-0.4, -0.2) is 47.7 Å². The van der Waals surface area contributed by atoms with Crippen LogP contribution in [0.15, 0.2) is 18.2 Å². The number of Topliss-reactive ketones (excluding diaryl/α,β-unsaturated/α-hetero) is 1. The van der Waals surface area contributed by atoms with Crippen LogP contribution in [0.25, 0.3) is 0 Å². The van der Waals surface area contributed by atoms with E-state index in [1.54, 1.807) is 12.1 Å². The lowest BCUT2D eigenvalue weighted by atomic mass is 10.1. The van der Waals surface area contributed by atoms with E-state index in [1.165, 1.54) is 17.9 Å². The van der Waals surface area contributed by atoms with E-state index in [0.29, 0.717) is 43.3 Å². The van der Waals surface area contributed by atoms with Gasteiger partial charge in [-0.25, -0.2) is 4.39 Å². The molecule has 0 unspecified atom stereocenters. The van der Waals surface area contributed by atoms with Gasteiger partial charge in [0.05, 0.1) is 0 Å². The van der Waals surface area contributed by atoms with Crippen LogP contribution >= 0.6 is 11.6 Å². The molecule has 1 aromatic rings. The number of nitrogens with zero attached hydrogens (tertiary/aromatic N) is 2. The summed E-state index contributed by atoms with van der Waals surface area (Å²) in [6.45, 7) is 3.84. The van der Waals surface area contributed by atoms with Crippen molar-refractivity contribution in [2.45, 2.75) is 13.5 Å². The molecule has 6 heteroatoms. The minimum atomic E-state index is -0.450. The lowest BCUT2D eigenvalue weighted by Crippen LogP contribution is -2.49. The zero-order valence-electron chi connectivity index (χ0n) is 11.2. The molecule has 2 rings (SSSR count). The Morgan fingerprint density at radius 1 is 1.25 bits per heavy atom. The van der Waals surface area contributed by atoms with Gasteiger partial charge in [0.15, 0.2) is 0 Å². The Kier molecular flexibility index (Phi) is 4.73. The summed E-state index contributed by atoms with van der Waals surface area (Å²) in [6, 6.07) is 4.62. The summed E-state index contributed by atoms with van der Waals surface area (Å²) in [5.74, 6) is -1.22. The van der Waals surface area contributed by atoms with E-state index in [1.807, 2.05) is 4.90 Å². The van der Waals surface area contributed by atoms with E-state index in [2.05, 4.69) is 0 Å². The van der Waals surface area contributed by atoms with Crippen molar-refractivity contribution < 1.29 is 14.0 Å². The number of halogens is 2. The predicted molar refractivity (Wildman–Crippen MR) is 73.9 cm³/mol. The second-order valence-corrected chi connectivity index (χ2v) is 5.23. The average Bonchev–Trinajstić information content (AvgIpc) is 2.43. The number of benzene rings is 1. The fraction of sp³-hybridized carbons (Fsp3) is 0.429. The Morgan fingerprint density at radius 3 is 2.45 bits per heavy atom. The maximum atomic E-state index is 13.7. The fourth-order valence-corrected chi connectivity index (χ4v) is 2.46. The van der Waals surface area contributed by atoms with Crippen molar-refractivity contribution in [2.24, 2.45) is 0 Å². The molecule has 4 nitrogen and oxygen atoms in total. The monoisotopic (exact) mass is 298 g/mol. The third kappa shape index (κ3) is 3.35. The van der Waals surface area contributed by atoms with E-state index in [-0.39, 0.29) is 5.82 Å². The molecule has 0 N–H and O–H groups in total. The summed E-state index contributed by atoms with van der Waals surface area (Å²) in [5.41, 5.74) is 0.473. The third-order valence-electron chi connectivity index (χ3n) is 3.40. The average molecular weight is 299 g/mol. The van der Waals surface area contributed by atoms with Gasteiger partial charge < -0.3 is 4.90 Å². The van der Waals surface area contributed by atoms with E-state index in [4.69, 9.17) is 11.6 Å². The van der Waals surface area contributed by atoms with Gasteiger partial charge in [-0.15, -0.1) is 0 Å². The van der Waals surface area contributed by atoms with Crippen molar-refractivity contribution in [3.05, 3.63) is 34.6 Å². The van der Waals surface area contributed by atoms with Crippen LogP contribution in [0, 0.1) is 5.82 Å². The van der Waals surface area contributed by atoms with Crippen molar-refractivity contribution in [1.29, 1.82) is 0 Å². The highest BCUT2D eigenvalue weighted by molar-refractivity contribution is 6.35. The normalized spacial score (nSPS) is 16.2. The first kappa shape index (κ1) is 14.9. The van der Waals surface area contributed by atoms with E-state index in [0.717, 1.165) is 0 Å². The van der Waals surface area contributed by atoms with Crippen LogP contribution in [0.5, 0.6) is 0 Å². The van der Waals surface area contributed by atoms with Crippen molar-refractivity contribution in [3.8, 4) is 0 Å². The standard InChI is InChI=1S/C14H16ClFN2O2/c1-10(19)14(20)18-7-5-17(6-8-18)9-11-12(15)3-2-4-13(11)16/h2-4H,5-9H2,1H3. The van der Waals surface area contributed by atoms with Gasteiger partial charge in [-0.3, -0.25) is 14.5 Å². The predicted octanol–water partition coefficient (Wildman–Crippen LogP) is 1.71. The summed E-state index contributed by atoms with van der Waals surface area (Å²) in [4.78, 5) is 26.1. The summed E-state index contributed by atoms with van der Waals surface area (Å²) in [7, 11) is 0. The van der Waals surface area contributed by atoms with Crippen LogP contribution in [0.4, 0.5) is 4.39 Å². The molecule has 0 bridgehead atoms. The molecule has 1 amide bonds. The molecule has 108 valence electrons. The quantitative estimate of drug-likeness (QED) is 0.798. The van der Waals surface area contributed by atoms with Gasteiger partial charge in [-0.1, -0.05) is 17.7 Å². The van der Waals surface area contributed by atoms with Gasteiger partial charge in [0.2, 0.25) is 5.78 Å². The fourth-order valence-electron chi connectivity index (χ4n) is 2.24. The highest BCUT2D eigenvalue weighted by atomic mass is 35.5.